The number of anilines is 1. The van der Waals surface area contributed by atoms with Crippen LogP contribution in [0.15, 0.2) is 18.2 Å². The van der Waals surface area contributed by atoms with Crippen molar-refractivity contribution in [3.63, 3.8) is 0 Å². The number of hydrogen-bond acceptors (Lipinski definition) is 3. The first-order chi connectivity index (χ1) is 7.63. The first-order valence-corrected chi connectivity index (χ1v) is 5.28. The van der Waals surface area contributed by atoms with E-state index in [4.69, 9.17) is 16.3 Å². The lowest BCUT2D eigenvalue weighted by Crippen LogP contribution is -2.22. The Labute approximate surface area is 97.5 Å². The van der Waals surface area contributed by atoms with E-state index in [1.165, 1.54) is 0 Å². The van der Waals surface area contributed by atoms with E-state index in [9.17, 15) is 9.59 Å². The summed E-state index contributed by atoms with van der Waals surface area (Å²) in [7, 11) is 0. The molecule has 1 amide bonds. The van der Waals surface area contributed by atoms with Crippen LogP contribution < -0.4 is 5.32 Å². The van der Waals surface area contributed by atoms with Gasteiger partial charge in [0.25, 0.3) is 0 Å². The third-order valence-electron chi connectivity index (χ3n) is 2.37. The highest BCUT2D eigenvalue weighted by Crippen LogP contribution is 2.34. The van der Waals surface area contributed by atoms with Crippen molar-refractivity contribution in [2.75, 3.05) is 11.9 Å². The largest absolute Gasteiger partial charge is 0.465 e. The Hall–Kier alpha value is -1.55. The van der Waals surface area contributed by atoms with Gasteiger partial charge in [-0.3, -0.25) is 9.59 Å². The number of hydrogen-bond donors (Lipinski definition) is 1. The molecule has 0 spiro atoms. The van der Waals surface area contributed by atoms with Crippen LogP contribution in [0.2, 0.25) is 5.02 Å². The number of esters is 1. The zero-order valence-corrected chi connectivity index (χ0v) is 9.38. The summed E-state index contributed by atoms with van der Waals surface area (Å²) in [5.41, 5.74) is 1.20. The molecular formula is C11H10ClNO3. The van der Waals surface area contributed by atoms with Gasteiger partial charge in [-0.25, -0.2) is 0 Å². The average Bonchev–Trinajstić information content (AvgIpc) is 2.53. The van der Waals surface area contributed by atoms with Gasteiger partial charge in [0.2, 0.25) is 5.91 Å². The molecule has 1 N–H and O–H groups in total. The monoisotopic (exact) mass is 239 g/mol. The number of carbonyl (C=O) groups excluding carboxylic acids is 2. The van der Waals surface area contributed by atoms with Crippen LogP contribution in [0, 0.1) is 0 Å². The number of benzene rings is 1. The van der Waals surface area contributed by atoms with Crippen molar-refractivity contribution in [2.45, 2.75) is 12.8 Å². The Bertz CT molecular complexity index is 459. The van der Waals surface area contributed by atoms with E-state index in [0.717, 1.165) is 0 Å². The molecule has 0 aromatic heterocycles. The molecule has 0 fully saturated rings. The summed E-state index contributed by atoms with van der Waals surface area (Å²) in [5, 5.41) is 3.12. The molecule has 1 aliphatic rings. The maximum atomic E-state index is 11.6. The molecule has 16 heavy (non-hydrogen) atoms. The topological polar surface area (TPSA) is 55.4 Å². The minimum Gasteiger partial charge on any atom is -0.465 e. The molecule has 0 aliphatic carbocycles. The van der Waals surface area contributed by atoms with Gasteiger partial charge in [-0.1, -0.05) is 17.7 Å². The summed E-state index contributed by atoms with van der Waals surface area (Å²) in [5.74, 6) is -1.76. The molecule has 0 saturated heterocycles. The van der Waals surface area contributed by atoms with Crippen molar-refractivity contribution in [1.29, 1.82) is 0 Å². The quantitative estimate of drug-likeness (QED) is 0.634. The van der Waals surface area contributed by atoms with Crippen LogP contribution in [0.3, 0.4) is 0 Å². The van der Waals surface area contributed by atoms with E-state index in [1.807, 2.05) is 0 Å². The third-order valence-corrected chi connectivity index (χ3v) is 2.60. The number of halogens is 1. The predicted octanol–water partition coefficient (Wildman–Crippen LogP) is 1.94. The van der Waals surface area contributed by atoms with Gasteiger partial charge >= 0.3 is 5.97 Å². The minimum atomic E-state index is -0.868. The van der Waals surface area contributed by atoms with Gasteiger partial charge in [-0.2, -0.15) is 0 Å². The maximum absolute atomic E-state index is 11.6. The Morgan fingerprint density at radius 2 is 2.31 bits per heavy atom. The molecule has 1 atom stereocenters. The second kappa shape index (κ2) is 4.14. The van der Waals surface area contributed by atoms with E-state index in [1.54, 1.807) is 25.1 Å². The smallest absolute Gasteiger partial charge is 0.323 e. The van der Waals surface area contributed by atoms with Crippen LogP contribution in [0.1, 0.15) is 18.4 Å². The molecule has 1 aromatic carbocycles. The van der Waals surface area contributed by atoms with Gasteiger partial charge in [-0.15, -0.1) is 0 Å². The molecular weight excluding hydrogens is 230 g/mol. The normalized spacial score (nSPS) is 17.9. The summed E-state index contributed by atoms with van der Waals surface area (Å²) in [6.07, 6.45) is 0. The van der Waals surface area contributed by atoms with Crippen LogP contribution in [0.25, 0.3) is 0 Å². The summed E-state index contributed by atoms with van der Waals surface area (Å²) < 4.78 is 4.85. The Balaban J connectivity index is 2.36. The SMILES string of the molecule is CCOC(=O)[C@@H]1C(=O)Nc2cc(Cl)ccc21. The Morgan fingerprint density at radius 1 is 1.56 bits per heavy atom. The zero-order chi connectivity index (χ0) is 11.7. The fraction of sp³-hybridized carbons (Fsp3) is 0.273. The van der Waals surface area contributed by atoms with E-state index in [0.29, 0.717) is 16.3 Å². The van der Waals surface area contributed by atoms with Gasteiger partial charge in [0, 0.05) is 10.7 Å². The summed E-state index contributed by atoms with van der Waals surface area (Å²) >= 11 is 5.79. The lowest BCUT2D eigenvalue weighted by molar-refractivity contribution is -0.147. The highest BCUT2D eigenvalue weighted by molar-refractivity contribution is 6.31. The van der Waals surface area contributed by atoms with Gasteiger partial charge in [0.15, 0.2) is 5.92 Å². The molecule has 84 valence electrons. The molecule has 0 saturated carbocycles. The highest BCUT2D eigenvalue weighted by atomic mass is 35.5. The summed E-state index contributed by atoms with van der Waals surface area (Å²) in [6.45, 7) is 1.96. The Morgan fingerprint density at radius 3 is 3.00 bits per heavy atom. The van der Waals surface area contributed by atoms with E-state index in [-0.39, 0.29) is 12.5 Å². The molecule has 0 bridgehead atoms. The van der Waals surface area contributed by atoms with Gasteiger partial charge in [0.1, 0.15) is 0 Å². The van der Waals surface area contributed by atoms with Gasteiger partial charge in [-0.05, 0) is 24.6 Å². The third kappa shape index (κ3) is 1.76. The van der Waals surface area contributed by atoms with Crippen molar-refractivity contribution in [2.24, 2.45) is 0 Å². The second-order valence-corrected chi connectivity index (χ2v) is 3.84. The van der Waals surface area contributed by atoms with Crippen molar-refractivity contribution in [3.8, 4) is 0 Å². The van der Waals surface area contributed by atoms with Gasteiger partial charge in [0.05, 0.1) is 6.61 Å². The van der Waals surface area contributed by atoms with Crippen LogP contribution in [0.4, 0.5) is 5.69 Å². The average molecular weight is 240 g/mol. The summed E-state index contributed by atoms with van der Waals surface area (Å²) in [4.78, 5) is 23.2. The van der Waals surface area contributed by atoms with Crippen LogP contribution in [-0.4, -0.2) is 18.5 Å². The first-order valence-electron chi connectivity index (χ1n) is 4.90. The zero-order valence-electron chi connectivity index (χ0n) is 8.62. The predicted molar refractivity (Wildman–Crippen MR) is 59.5 cm³/mol. The van der Waals surface area contributed by atoms with Crippen molar-refractivity contribution in [1.82, 2.24) is 0 Å². The number of amides is 1. The molecule has 0 unspecified atom stereocenters. The van der Waals surface area contributed by atoms with Crippen molar-refractivity contribution in [3.05, 3.63) is 28.8 Å². The highest BCUT2D eigenvalue weighted by Gasteiger charge is 2.37. The van der Waals surface area contributed by atoms with Crippen LogP contribution in [0.5, 0.6) is 0 Å². The lowest BCUT2D eigenvalue weighted by Gasteiger charge is -2.07. The number of fused-ring (bicyclic) bond motifs is 1. The van der Waals surface area contributed by atoms with Crippen molar-refractivity contribution < 1.29 is 14.3 Å². The number of nitrogens with one attached hydrogen (secondary N) is 1. The van der Waals surface area contributed by atoms with Crippen molar-refractivity contribution >= 4 is 29.2 Å². The fourth-order valence-electron chi connectivity index (χ4n) is 1.69. The number of rotatable bonds is 2. The molecule has 4 nitrogen and oxygen atoms in total. The van der Waals surface area contributed by atoms with Crippen LogP contribution >= 0.6 is 11.6 Å². The minimum absolute atomic E-state index is 0.255. The molecule has 2 rings (SSSR count). The molecule has 1 aromatic rings. The van der Waals surface area contributed by atoms with E-state index >= 15 is 0 Å². The van der Waals surface area contributed by atoms with E-state index in [2.05, 4.69) is 5.32 Å². The summed E-state index contributed by atoms with van der Waals surface area (Å²) in [6, 6.07) is 4.93. The van der Waals surface area contributed by atoms with E-state index < -0.39 is 11.9 Å². The maximum Gasteiger partial charge on any atom is 0.323 e. The number of carbonyl (C=O) groups is 2. The lowest BCUT2D eigenvalue weighted by atomic mass is 10.0. The second-order valence-electron chi connectivity index (χ2n) is 3.41. The number of ether oxygens (including phenoxy) is 1. The van der Waals surface area contributed by atoms with Crippen LogP contribution in [-0.2, 0) is 14.3 Å². The standard InChI is InChI=1S/C11H10ClNO3/c1-2-16-11(15)9-7-4-3-6(12)5-8(7)13-10(9)14/h3-5,9H,2H2,1H3,(H,13,14)/t9-/m0/s1. The molecule has 5 heteroatoms. The molecule has 1 aliphatic heterocycles. The first kappa shape index (κ1) is 11.0. The molecule has 1 heterocycles. The molecule has 0 radical (unpaired) electrons. The fourth-order valence-corrected chi connectivity index (χ4v) is 1.87. The Kier molecular flexibility index (Phi) is 2.83. The van der Waals surface area contributed by atoms with Gasteiger partial charge < -0.3 is 10.1 Å².